The molecule has 4 nitrogen and oxygen atoms in total. The van der Waals surface area contributed by atoms with Gasteiger partial charge in [-0.2, -0.15) is 0 Å². The largest absolute Gasteiger partial charge is 0.358 e. The van der Waals surface area contributed by atoms with E-state index in [0.29, 0.717) is 19.0 Å². The van der Waals surface area contributed by atoms with E-state index >= 15 is 0 Å². The number of nitrogens with one attached hydrogen (secondary N) is 1. The summed E-state index contributed by atoms with van der Waals surface area (Å²) in [7, 11) is -3.06. The van der Waals surface area contributed by atoms with E-state index in [4.69, 9.17) is 11.6 Å². The van der Waals surface area contributed by atoms with Gasteiger partial charge in [-0.1, -0.05) is 11.6 Å². The minimum atomic E-state index is -3.06. The van der Waals surface area contributed by atoms with Crippen molar-refractivity contribution in [3.05, 3.63) is 35.0 Å². The number of halogens is 1. The van der Waals surface area contributed by atoms with E-state index in [1.807, 2.05) is 18.2 Å². The molecule has 0 atom stereocenters. The third kappa shape index (κ3) is 2.71. The number of benzene rings is 1. The maximum atomic E-state index is 11.5. The van der Waals surface area contributed by atoms with Gasteiger partial charge in [0.2, 0.25) is 10.0 Å². The Balaban J connectivity index is 1.80. The molecule has 1 aromatic heterocycles. The van der Waals surface area contributed by atoms with Gasteiger partial charge in [-0.15, -0.1) is 0 Å². The van der Waals surface area contributed by atoms with Gasteiger partial charge in [0.15, 0.2) is 0 Å². The Morgan fingerprint density at radius 1 is 1.25 bits per heavy atom. The van der Waals surface area contributed by atoms with Crippen molar-refractivity contribution < 1.29 is 8.42 Å². The number of fused-ring (bicyclic) bond motifs is 1. The van der Waals surface area contributed by atoms with Gasteiger partial charge in [-0.3, -0.25) is 0 Å². The van der Waals surface area contributed by atoms with Crippen LogP contribution in [0.3, 0.4) is 0 Å². The fourth-order valence-electron chi connectivity index (χ4n) is 2.84. The molecule has 1 N–H and O–H groups in total. The number of hydrogen-bond acceptors (Lipinski definition) is 2. The molecule has 0 saturated carbocycles. The summed E-state index contributed by atoms with van der Waals surface area (Å²) in [6, 6.07) is 7.92. The Kier molecular flexibility index (Phi) is 3.52. The second-order valence-corrected chi connectivity index (χ2v) is 7.81. The van der Waals surface area contributed by atoms with Crippen LogP contribution in [-0.4, -0.2) is 37.1 Å². The van der Waals surface area contributed by atoms with Crippen LogP contribution in [0.4, 0.5) is 0 Å². The topological polar surface area (TPSA) is 53.2 Å². The summed E-state index contributed by atoms with van der Waals surface area (Å²) in [6.45, 7) is 1.19. The summed E-state index contributed by atoms with van der Waals surface area (Å²) in [5.74, 6) is 0.388. The van der Waals surface area contributed by atoms with E-state index in [1.54, 1.807) is 4.31 Å². The number of aromatic amines is 1. The van der Waals surface area contributed by atoms with Gasteiger partial charge in [-0.05, 0) is 37.1 Å². The van der Waals surface area contributed by atoms with Crippen molar-refractivity contribution in [3.63, 3.8) is 0 Å². The monoisotopic (exact) mass is 312 g/mol. The SMILES string of the molecule is CS(=O)(=O)N1CCC(c2cc3cc(Cl)ccc3[nH]2)CC1. The zero-order valence-electron chi connectivity index (χ0n) is 11.3. The standard InChI is InChI=1S/C14H17ClN2O2S/c1-20(18,19)17-6-4-10(5-7-17)14-9-11-8-12(15)2-3-13(11)16-14/h2-3,8-10,16H,4-7H2,1H3. The molecule has 1 aromatic carbocycles. The second kappa shape index (κ2) is 5.06. The number of piperidine rings is 1. The number of H-pyrrole nitrogens is 1. The fourth-order valence-corrected chi connectivity index (χ4v) is 3.90. The summed E-state index contributed by atoms with van der Waals surface area (Å²) < 4.78 is 24.6. The minimum Gasteiger partial charge on any atom is -0.358 e. The van der Waals surface area contributed by atoms with Gasteiger partial charge < -0.3 is 4.98 Å². The van der Waals surface area contributed by atoms with Crippen molar-refractivity contribution in [1.82, 2.24) is 9.29 Å². The number of rotatable bonds is 2. The first-order chi connectivity index (χ1) is 9.43. The highest BCUT2D eigenvalue weighted by molar-refractivity contribution is 7.88. The smallest absolute Gasteiger partial charge is 0.211 e. The van der Waals surface area contributed by atoms with Crippen molar-refractivity contribution in [3.8, 4) is 0 Å². The average Bonchev–Trinajstić information content (AvgIpc) is 2.80. The van der Waals surface area contributed by atoms with Crippen LogP contribution in [-0.2, 0) is 10.0 Å². The van der Waals surface area contributed by atoms with Crippen LogP contribution in [0.1, 0.15) is 24.5 Å². The van der Waals surface area contributed by atoms with Crippen molar-refractivity contribution in [1.29, 1.82) is 0 Å². The number of sulfonamides is 1. The molecule has 1 aliphatic rings. The molecule has 0 spiro atoms. The van der Waals surface area contributed by atoms with Crippen LogP contribution in [0.25, 0.3) is 10.9 Å². The lowest BCUT2D eigenvalue weighted by molar-refractivity contribution is 0.319. The maximum Gasteiger partial charge on any atom is 0.211 e. The van der Waals surface area contributed by atoms with Gasteiger partial charge >= 0.3 is 0 Å². The molecule has 20 heavy (non-hydrogen) atoms. The minimum absolute atomic E-state index is 0.388. The zero-order chi connectivity index (χ0) is 14.3. The van der Waals surface area contributed by atoms with Gasteiger partial charge in [0.05, 0.1) is 6.26 Å². The maximum absolute atomic E-state index is 11.5. The Hall–Kier alpha value is -1.04. The molecular weight excluding hydrogens is 296 g/mol. The summed E-state index contributed by atoms with van der Waals surface area (Å²) in [4.78, 5) is 3.42. The van der Waals surface area contributed by atoms with Crippen molar-refractivity contribution in [2.45, 2.75) is 18.8 Å². The zero-order valence-corrected chi connectivity index (χ0v) is 12.8. The van der Waals surface area contributed by atoms with Gasteiger partial charge in [0.25, 0.3) is 0 Å². The second-order valence-electron chi connectivity index (χ2n) is 5.39. The molecule has 0 bridgehead atoms. The summed E-state index contributed by atoms with van der Waals surface area (Å²) in [5, 5.41) is 1.84. The molecule has 0 radical (unpaired) electrons. The predicted molar refractivity (Wildman–Crippen MR) is 81.7 cm³/mol. The number of aromatic nitrogens is 1. The molecular formula is C14H17ClN2O2S. The van der Waals surface area contributed by atoms with Crippen LogP contribution in [0.15, 0.2) is 24.3 Å². The molecule has 2 heterocycles. The van der Waals surface area contributed by atoms with E-state index in [0.717, 1.165) is 28.8 Å². The first kappa shape index (κ1) is 13.9. The lowest BCUT2D eigenvalue weighted by atomic mass is 9.95. The molecule has 1 fully saturated rings. The Morgan fingerprint density at radius 2 is 1.95 bits per heavy atom. The first-order valence-corrected chi connectivity index (χ1v) is 8.89. The molecule has 2 aromatic rings. The number of nitrogens with zero attached hydrogens (tertiary/aromatic N) is 1. The number of hydrogen-bond donors (Lipinski definition) is 1. The van der Waals surface area contributed by atoms with Crippen LogP contribution in [0.5, 0.6) is 0 Å². The fraction of sp³-hybridized carbons (Fsp3) is 0.429. The molecule has 108 valence electrons. The molecule has 3 rings (SSSR count). The van der Waals surface area contributed by atoms with Gasteiger partial charge in [0, 0.05) is 40.6 Å². The van der Waals surface area contributed by atoms with Crippen molar-refractivity contribution in [2.75, 3.05) is 19.3 Å². The van der Waals surface area contributed by atoms with E-state index in [1.165, 1.54) is 11.9 Å². The van der Waals surface area contributed by atoms with Gasteiger partial charge in [0.1, 0.15) is 0 Å². The first-order valence-electron chi connectivity index (χ1n) is 6.67. The van der Waals surface area contributed by atoms with E-state index in [2.05, 4.69) is 11.1 Å². The summed E-state index contributed by atoms with van der Waals surface area (Å²) >= 11 is 6.00. The van der Waals surface area contributed by atoms with Crippen LogP contribution < -0.4 is 0 Å². The molecule has 0 aliphatic carbocycles. The Morgan fingerprint density at radius 3 is 2.60 bits per heavy atom. The summed E-state index contributed by atoms with van der Waals surface area (Å²) in [5.41, 5.74) is 2.25. The molecule has 0 unspecified atom stereocenters. The van der Waals surface area contributed by atoms with Crippen LogP contribution in [0, 0.1) is 0 Å². The Bertz CT molecular complexity index is 731. The molecule has 0 amide bonds. The lowest BCUT2D eigenvalue weighted by Gasteiger charge is -2.29. The molecule has 1 saturated heterocycles. The average molecular weight is 313 g/mol. The van der Waals surface area contributed by atoms with E-state index in [-0.39, 0.29) is 0 Å². The summed E-state index contributed by atoms with van der Waals surface area (Å²) in [6.07, 6.45) is 2.99. The third-order valence-corrected chi connectivity index (χ3v) is 5.50. The van der Waals surface area contributed by atoms with Crippen LogP contribution >= 0.6 is 11.6 Å². The highest BCUT2D eigenvalue weighted by Gasteiger charge is 2.26. The normalized spacial score (nSPS) is 18.7. The molecule has 1 aliphatic heterocycles. The van der Waals surface area contributed by atoms with Crippen molar-refractivity contribution >= 4 is 32.5 Å². The van der Waals surface area contributed by atoms with Gasteiger partial charge in [-0.25, -0.2) is 12.7 Å². The van der Waals surface area contributed by atoms with Crippen molar-refractivity contribution in [2.24, 2.45) is 0 Å². The van der Waals surface area contributed by atoms with E-state index in [9.17, 15) is 8.42 Å². The molecule has 6 heteroatoms. The lowest BCUT2D eigenvalue weighted by Crippen LogP contribution is -2.37. The predicted octanol–water partition coefficient (Wildman–Crippen LogP) is 2.96. The van der Waals surface area contributed by atoms with E-state index < -0.39 is 10.0 Å². The van der Waals surface area contributed by atoms with Crippen LogP contribution in [0.2, 0.25) is 5.02 Å². The third-order valence-electron chi connectivity index (χ3n) is 3.97. The quantitative estimate of drug-likeness (QED) is 0.927. The highest BCUT2D eigenvalue weighted by atomic mass is 35.5. The highest BCUT2D eigenvalue weighted by Crippen LogP contribution is 2.31. The Labute approximate surface area is 123 Å².